The van der Waals surface area contributed by atoms with Gasteiger partial charge >= 0.3 is 0 Å². The monoisotopic (exact) mass is 278 g/mol. The van der Waals surface area contributed by atoms with Crippen LogP contribution in [0.1, 0.15) is 5.56 Å². The number of benzene rings is 2. The van der Waals surface area contributed by atoms with Crippen molar-refractivity contribution in [3.8, 4) is 5.75 Å². The number of rotatable bonds is 3. The highest BCUT2D eigenvalue weighted by Crippen LogP contribution is 2.23. The fourth-order valence-corrected chi connectivity index (χ4v) is 3.02. The maximum atomic E-state index is 12.2. The first-order valence-electron chi connectivity index (χ1n) is 5.56. The van der Waals surface area contributed by atoms with Crippen LogP contribution in [0.3, 0.4) is 0 Å². The molecule has 19 heavy (non-hydrogen) atoms. The van der Waals surface area contributed by atoms with Gasteiger partial charge in [0.05, 0.1) is 10.6 Å². The molecule has 0 saturated heterocycles. The molecular weight excluding hydrogens is 264 g/mol. The lowest BCUT2D eigenvalue weighted by Gasteiger charge is -2.11. The highest BCUT2D eigenvalue weighted by Gasteiger charge is 2.17. The van der Waals surface area contributed by atoms with Gasteiger partial charge < -0.3 is 10.8 Å². The van der Waals surface area contributed by atoms with E-state index in [-0.39, 0.29) is 10.6 Å². The Balaban J connectivity index is 2.40. The van der Waals surface area contributed by atoms with Crippen molar-refractivity contribution in [3.05, 3.63) is 48.0 Å². The largest absolute Gasteiger partial charge is 0.508 e. The van der Waals surface area contributed by atoms with E-state index in [1.54, 1.807) is 31.2 Å². The molecule has 0 amide bonds. The van der Waals surface area contributed by atoms with Crippen molar-refractivity contribution in [1.82, 2.24) is 0 Å². The first-order valence-corrected chi connectivity index (χ1v) is 7.05. The molecule has 2 rings (SSSR count). The first kappa shape index (κ1) is 13.2. The maximum Gasteiger partial charge on any atom is 0.262 e. The summed E-state index contributed by atoms with van der Waals surface area (Å²) in [6.07, 6.45) is 0. The normalized spacial score (nSPS) is 11.2. The molecule has 0 heterocycles. The van der Waals surface area contributed by atoms with Crippen LogP contribution in [0.2, 0.25) is 0 Å². The lowest BCUT2D eigenvalue weighted by molar-refractivity contribution is 0.475. The summed E-state index contributed by atoms with van der Waals surface area (Å²) in [4.78, 5) is 0.121. The summed E-state index contributed by atoms with van der Waals surface area (Å²) in [5.41, 5.74) is 6.88. The second kappa shape index (κ2) is 4.81. The predicted octanol–water partition coefficient (Wildman–Crippen LogP) is 2.08. The number of anilines is 2. The highest BCUT2D eigenvalue weighted by molar-refractivity contribution is 7.92. The van der Waals surface area contributed by atoms with Crippen molar-refractivity contribution in [2.45, 2.75) is 11.8 Å². The molecule has 0 fully saturated rings. The maximum absolute atomic E-state index is 12.2. The molecule has 0 unspecified atom stereocenters. The number of nitrogens with one attached hydrogen (secondary N) is 1. The van der Waals surface area contributed by atoms with Crippen molar-refractivity contribution >= 4 is 21.4 Å². The number of hydrogen-bond acceptors (Lipinski definition) is 4. The zero-order valence-corrected chi connectivity index (χ0v) is 11.1. The second-order valence-corrected chi connectivity index (χ2v) is 5.83. The molecule has 0 saturated carbocycles. The number of phenolic OH excluding ortho intramolecular Hbond substituents is 1. The van der Waals surface area contributed by atoms with Gasteiger partial charge in [0.2, 0.25) is 0 Å². The fraction of sp³-hybridized carbons (Fsp3) is 0.0769. The zero-order valence-electron chi connectivity index (χ0n) is 10.3. The molecule has 0 aliphatic heterocycles. The predicted molar refractivity (Wildman–Crippen MR) is 74.5 cm³/mol. The number of sulfonamides is 1. The van der Waals surface area contributed by atoms with Crippen LogP contribution >= 0.6 is 0 Å². The Hall–Kier alpha value is -2.21. The average molecular weight is 278 g/mol. The summed E-state index contributed by atoms with van der Waals surface area (Å²) in [5.74, 6) is -0.00972. The second-order valence-electron chi connectivity index (χ2n) is 4.18. The van der Waals surface area contributed by atoms with E-state index in [1.807, 2.05) is 0 Å². The number of aryl methyl sites for hydroxylation is 1. The van der Waals surface area contributed by atoms with E-state index in [9.17, 15) is 13.5 Å². The van der Waals surface area contributed by atoms with Gasteiger partial charge in [0, 0.05) is 11.8 Å². The van der Waals surface area contributed by atoms with Gasteiger partial charge in [-0.25, -0.2) is 8.42 Å². The van der Waals surface area contributed by atoms with Crippen LogP contribution in [-0.4, -0.2) is 13.5 Å². The quantitative estimate of drug-likeness (QED) is 0.749. The van der Waals surface area contributed by atoms with E-state index in [2.05, 4.69) is 4.72 Å². The molecule has 2 aromatic carbocycles. The van der Waals surface area contributed by atoms with Gasteiger partial charge in [-0.2, -0.15) is 0 Å². The van der Waals surface area contributed by atoms with Crippen LogP contribution in [0.5, 0.6) is 5.75 Å². The van der Waals surface area contributed by atoms with E-state index in [0.29, 0.717) is 16.9 Å². The molecule has 0 radical (unpaired) electrons. The molecule has 0 spiro atoms. The number of nitrogens with two attached hydrogens (primary N) is 1. The molecule has 0 bridgehead atoms. The minimum atomic E-state index is -3.72. The van der Waals surface area contributed by atoms with E-state index < -0.39 is 10.0 Å². The first-order chi connectivity index (χ1) is 8.88. The van der Waals surface area contributed by atoms with Gasteiger partial charge in [-0.1, -0.05) is 12.1 Å². The molecule has 0 atom stereocenters. The number of aromatic hydroxyl groups is 1. The van der Waals surface area contributed by atoms with Crippen LogP contribution in [0.4, 0.5) is 11.4 Å². The van der Waals surface area contributed by atoms with Crippen LogP contribution in [0, 0.1) is 6.92 Å². The van der Waals surface area contributed by atoms with Gasteiger partial charge in [-0.3, -0.25) is 4.72 Å². The van der Waals surface area contributed by atoms with Crippen LogP contribution in [-0.2, 0) is 10.0 Å². The fourth-order valence-electron chi connectivity index (χ4n) is 1.69. The topological polar surface area (TPSA) is 92.4 Å². The Morgan fingerprint density at radius 2 is 1.89 bits per heavy atom. The van der Waals surface area contributed by atoms with Crippen molar-refractivity contribution in [2.75, 3.05) is 10.5 Å². The molecule has 6 heteroatoms. The van der Waals surface area contributed by atoms with E-state index in [4.69, 9.17) is 5.73 Å². The van der Waals surface area contributed by atoms with E-state index in [1.165, 1.54) is 18.2 Å². The third-order valence-corrected chi connectivity index (χ3v) is 4.12. The summed E-state index contributed by atoms with van der Waals surface area (Å²) >= 11 is 0. The van der Waals surface area contributed by atoms with Crippen molar-refractivity contribution in [3.63, 3.8) is 0 Å². The van der Waals surface area contributed by atoms with Crippen molar-refractivity contribution in [2.24, 2.45) is 0 Å². The number of nitrogen functional groups attached to an aromatic ring is 1. The summed E-state index contributed by atoms with van der Waals surface area (Å²) in [5, 5.41) is 9.32. The van der Waals surface area contributed by atoms with Gasteiger partial charge in [-0.05, 0) is 36.8 Å². The lowest BCUT2D eigenvalue weighted by atomic mass is 10.2. The van der Waals surface area contributed by atoms with Gasteiger partial charge in [-0.15, -0.1) is 0 Å². The summed E-state index contributed by atoms with van der Waals surface area (Å²) in [6.45, 7) is 1.69. The van der Waals surface area contributed by atoms with Gasteiger partial charge in [0.25, 0.3) is 10.0 Å². The third-order valence-electron chi connectivity index (χ3n) is 2.60. The molecule has 100 valence electrons. The Morgan fingerprint density at radius 3 is 2.58 bits per heavy atom. The minimum absolute atomic E-state index is 0.00972. The van der Waals surface area contributed by atoms with Crippen LogP contribution < -0.4 is 10.5 Å². The van der Waals surface area contributed by atoms with Gasteiger partial charge in [0.1, 0.15) is 5.75 Å². The summed E-state index contributed by atoms with van der Waals surface area (Å²) in [7, 11) is -3.72. The molecule has 5 nitrogen and oxygen atoms in total. The Labute approximate surface area is 111 Å². The standard InChI is InChI=1S/C13H14N2O3S/c1-9-5-6-10(14)7-13(9)19(17,18)15-11-3-2-4-12(16)8-11/h2-8,15-16H,14H2,1H3. The molecule has 0 aromatic heterocycles. The summed E-state index contributed by atoms with van der Waals surface area (Å²) < 4.78 is 26.9. The smallest absolute Gasteiger partial charge is 0.262 e. The Kier molecular flexibility index (Phi) is 3.35. The third kappa shape index (κ3) is 2.97. The SMILES string of the molecule is Cc1ccc(N)cc1S(=O)(=O)Nc1cccc(O)c1. The number of hydrogen-bond donors (Lipinski definition) is 3. The van der Waals surface area contributed by atoms with Gasteiger partial charge in [0.15, 0.2) is 0 Å². The molecule has 2 aromatic rings. The van der Waals surface area contributed by atoms with E-state index in [0.717, 1.165) is 0 Å². The molecule has 0 aliphatic rings. The Morgan fingerprint density at radius 1 is 1.16 bits per heavy atom. The lowest BCUT2D eigenvalue weighted by Crippen LogP contribution is -2.14. The van der Waals surface area contributed by atoms with Crippen LogP contribution in [0.25, 0.3) is 0 Å². The zero-order chi connectivity index (χ0) is 14.0. The summed E-state index contributed by atoms with van der Waals surface area (Å²) in [6, 6.07) is 10.6. The number of phenols is 1. The molecular formula is C13H14N2O3S. The highest BCUT2D eigenvalue weighted by atomic mass is 32.2. The minimum Gasteiger partial charge on any atom is -0.508 e. The van der Waals surface area contributed by atoms with E-state index >= 15 is 0 Å². The Bertz CT molecular complexity index is 712. The van der Waals surface area contributed by atoms with Crippen molar-refractivity contribution < 1.29 is 13.5 Å². The average Bonchev–Trinajstić information content (AvgIpc) is 2.31. The molecule has 0 aliphatic carbocycles. The van der Waals surface area contributed by atoms with Crippen molar-refractivity contribution in [1.29, 1.82) is 0 Å². The van der Waals surface area contributed by atoms with Crippen LogP contribution in [0.15, 0.2) is 47.4 Å². The molecule has 4 N–H and O–H groups in total.